The number of amides is 1. The van der Waals surface area contributed by atoms with E-state index in [1.54, 1.807) is 20.8 Å². The zero-order valence-electron chi connectivity index (χ0n) is 18.4. The maximum atomic E-state index is 13.7. The van der Waals surface area contributed by atoms with Crippen LogP contribution in [0.4, 0.5) is 0 Å². The Morgan fingerprint density at radius 1 is 1.23 bits per heavy atom. The number of nitrogens with zero attached hydrogens (tertiary/aromatic N) is 2. The van der Waals surface area contributed by atoms with Gasteiger partial charge in [0.1, 0.15) is 5.69 Å². The molecule has 7 heteroatoms. The number of hydrogen-bond acceptors (Lipinski definition) is 5. The summed E-state index contributed by atoms with van der Waals surface area (Å²) in [6.07, 6.45) is -0.152. The van der Waals surface area contributed by atoms with Crippen molar-refractivity contribution < 1.29 is 19.1 Å². The number of ether oxygens (including phenoxy) is 2. The summed E-state index contributed by atoms with van der Waals surface area (Å²) in [6.45, 7) is 7.28. The van der Waals surface area contributed by atoms with Crippen molar-refractivity contribution in [2.45, 2.75) is 32.9 Å². The van der Waals surface area contributed by atoms with Crippen LogP contribution in [0.3, 0.4) is 0 Å². The number of rotatable bonds is 6. The predicted molar refractivity (Wildman–Crippen MR) is 115 cm³/mol. The van der Waals surface area contributed by atoms with E-state index in [1.165, 1.54) is 0 Å². The molecule has 2 atom stereocenters. The highest BCUT2D eigenvalue weighted by Gasteiger charge is 2.38. The van der Waals surface area contributed by atoms with Crippen LogP contribution in [0.2, 0.25) is 0 Å². The molecule has 1 saturated heterocycles. The third-order valence-corrected chi connectivity index (χ3v) is 5.43. The van der Waals surface area contributed by atoms with Crippen LogP contribution in [0.15, 0.2) is 30.3 Å². The van der Waals surface area contributed by atoms with Gasteiger partial charge >= 0.3 is 5.97 Å². The Morgan fingerprint density at radius 2 is 1.93 bits per heavy atom. The van der Waals surface area contributed by atoms with Gasteiger partial charge in [-0.1, -0.05) is 30.3 Å². The summed E-state index contributed by atoms with van der Waals surface area (Å²) in [5, 5.41) is 0. The maximum absolute atomic E-state index is 13.7. The zero-order valence-corrected chi connectivity index (χ0v) is 18.4. The Balaban J connectivity index is 1.99. The average Bonchev–Trinajstić information content (AvgIpc) is 3.01. The van der Waals surface area contributed by atoms with Gasteiger partial charge in [-0.25, -0.2) is 4.79 Å². The molecule has 3 rings (SSSR count). The third kappa shape index (κ3) is 4.42. The highest BCUT2D eigenvalue weighted by Crippen LogP contribution is 2.32. The van der Waals surface area contributed by atoms with Crippen molar-refractivity contribution in [1.29, 1.82) is 0 Å². The highest BCUT2D eigenvalue weighted by atomic mass is 16.5. The smallest absolute Gasteiger partial charge is 0.340 e. The molecule has 0 radical (unpaired) electrons. The minimum Gasteiger partial charge on any atom is -0.462 e. The molecule has 30 heavy (non-hydrogen) atoms. The number of morpholine rings is 1. The lowest BCUT2D eigenvalue weighted by Gasteiger charge is -2.42. The van der Waals surface area contributed by atoms with Crippen LogP contribution in [0.1, 0.15) is 50.6 Å². The minimum absolute atomic E-state index is 0.132. The van der Waals surface area contributed by atoms with Gasteiger partial charge in [0.2, 0.25) is 0 Å². The number of aryl methyl sites for hydroxylation is 1. The fourth-order valence-electron chi connectivity index (χ4n) is 4.14. The van der Waals surface area contributed by atoms with Gasteiger partial charge in [-0.3, -0.25) is 4.79 Å². The monoisotopic (exact) mass is 413 g/mol. The molecule has 162 valence electrons. The van der Waals surface area contributed by atoms with Crippen molar-refractivity contribution in [3.63, 3.8) is 0 Å². The van der Waals surface area contributed by atoms with E-state index in [0.717, 1.165) is 5.56 Å². The van der Waals surface area contributed by atoms with Gasteiger partial charge in [-0.05, 0) is 46.0 Å². The van der Waals surface area contributed by atoms with E-state index in [9.17, 15) is 9.59 Å². The normalized spacial score (nSPS) is 19.2. The number of carbonyl (C=O) groups is 2. The lowest BCUT2D eigenvalue weighted by Crippen LogP contribution is -2.51. The first-order valence-corrected chi connectivity index (χ1v) is 10.3. The molecule has 0 unspecified atom stereocenters. The molecule has 0 aliphatic carbocycles. The summed E-state index contributed by atoms with van der Waals surface area (Å²) in [5.74, 6) is -0.540. The minimum atomic E-state index is -0.408. The van der Waals surface area contributed by atoms with Crippen LogP contribution >= 0.6 is 0 Å². The maximum Gasteiger partial charge on any atom is 0.340 e. The van der Waals surface area contributed by atoms with Crippen LogP contribution in [0, 0.1) is 13.8 Å². The summed E-state index contributed by atoms with van der Waals surface area (Å²) >= 11 is 0. The molecule has 1 aromatic carbocycles. The molecule has 2 aromatic rings. The lowest BCUT2D eigenvalue weighted by atomic mass is 9.96. The van der Waals surface area contributed by atoms with E-state index in [0.29, 0.717) is 42.2 Å². The van der Waals surface area contributed by atoms with Crippen LogP contribution in [-0.2, 0) is 9.47 Å². The van der Waals surface area contributed by atoms with E-state index in [2.05, 4.69) is 9.88 Å². The number of benzene rings is 1. The number of hydrogen-bond donors (Lipinski definition) is 1. The molecule has 1 aromatic heterocycles. The first-order chi connectivity index (χ1) is 14.3. The van der Waals surface area contributed by atoms with Crippen LogP contribution < -0.4 is 0 Å². The van der Waals surface area contributed by atoms with E-state index in [4.69, 9.17) is 9.47 Å². The molecule has 0 spiro atoms. The van der Waals surface area contributed by atoms with Gasteiger partial charge < -0.3 is 24.3 Å². The topological polar surface area (TPSA) is 74.9 Å². The van der Waals surface area contributed by atoms with E-state index in [1.807, 2.05) is 49.3 Å². The molecule has 1 N–H and O–H groups in total. The highest BCUT2D eigenvalue weighted by molar-refractivity contribution is 6.00. The van der Waals surface area contributed by atoms with Crippen molar-refractivity contribution >= 4 is 11.9 Å². The molecule has 0 bridgehead atoms. The van der Waals surface area contributed by atoms with E-state index >= 15 is 0 Å². The summed E-state index contributed by atoms with van der Waals surface area (Å²) in [6, 6.07) is 9.75. The Bertz CT molecular complexity index is 891. The van der Waals surface area contributed by atoms with Crippen molar-refractivity contribution in [2.24, 2.45) is 0 Å². The van der Waals surface area contributed by atoms with Gasteiger partial charge in [0.25, 0.3) is 5.91 Å². The van der Waals surface area contributed by atoms with Gasteiger partial charge in [0.05, 0.1) is 30.9 Å². The van der Waals surface area contributed by atoms with Crippen molar-refractivity contribution in [3.8, 4) is 0 Å². The first kappa shape index (κ1) is 22.1. The third-order valence-electron chi connectivity index (χ3n) is 5.43. The number of H-pyrrole nitrogens is 1. The standard InChI is InChI=1S/C23H31N3O4/c1-6-29-23(28)19-15(2)20(24-16(19)3)22(27)26-12-13-30-18(14-25(4)5)21(26)17-10-8-7-9-11-17/h7-11,18,21,24H,6,12-14H2,1-5H3/t18-,21-/m0/s1. The number of esters is 1. The van der Waals surface area contributed by atoms with Crippen molar-refractivity contribution in [3.05, 3.63) is 58.4 Å². The van der Waals surface area contributed by atoms with Crippen molar-refractivity contribution in [2.75, 3.05) is 40.4 Å². The summed E-state index contributed by atoms with van der Waals surface area (Å²) < 4.78 is 11.3. The molecule has 1 aliphatic heterocycles. The first-order valence-electron chi connectivity index (χ1n) is 10.3. The summed E-state index contributed by atoms with van der Waals surface area (Å²) in [7, 11) is 3.99. The number of aromatic nitrogens is 1. The van der Waals surface area contributed by atoms with Gasteiger partial charge in [0.15, 0.2) is 0 Å². The molecule has 1 amide bonds. The molecule has 2 heterocycles. The molecule has 1 fully saturated rings. The van der Waals surface area contributed by atoms with Crippen LogP contribution in [0.25, 0.3) is 0 Å². The van der Waals surface area contributed by atoms with Gasteiger partial charge in [-0.15, -0.1) is 0 Å². The molecular formula is C23H31N3O4. The fourth-order valence-corrected chi connectivity index (χ4v) is 4.14. The summed E-state index contributed by atoms with van der Waals surface area (Å²) in [4.78, 5) is 33.1. The number of aromatic amines is 1. The quantitative estimate of drug-likeness (QED) is 0.737. The number of carbonyl (C=O) groups excluding carboxylic acids is 2. The Morgan fingerprint density at radius 3 is 2.57 bits per heavy atom. The second kappa shape index (κ2) is 9.45. The fraction of sp³-hybridized carbons (Fsp3) is 0.478. The Labute approximate surface area is 178 Å². The number of nitrogens with one attached hydrogen (secondary N) is 1. The van der Waals surface area contributed by atoms with Gasteiger partial charge in [-0.2, -0.15) is 0 Å². The second-order valence-electron chi connectivity index (χ2n) is 7.87. The zero-order chi connectivity index (χ0) is 21.8. The van der Waals surface area contributed by atoms with Crippen LogP contribution in [-0.4, -0.2) is 73.2 Å². The SMILES string of the molecule is CCOC(=O)c1c(C)[nH]c(C(=O)N2CCO[C@@H](CN(C)C)[C@@H]2c2ccccc2)c1C. The molecule has 0 saturated carbocycles. The Hall–Kier alpha value is -2.64. The summed E-state index contributed by atoms with van der Waals surface area (Å²) in [5.41, 5.74) is 3.17. The lowest BCUT2D eigenvalue weighted by molar-refractivity contribution is -0.0686. The van der Waals surface area contributed by atoms with Gasteiger partial charge in [0, 0.05) is 18.8 Å². The molecule has 7 nitrogen and oxygen atoms in total. The van der Waals surface area contributed by atoms with E-state index < -0.39 is 5.97 Å². The Kier molecular flexibility index (Phi) is 6.95. The molecule has 1 aliphatic rings. The number of likely N-dealkylation sites (N-methyl/N-ethyl adjacent to an activating group) is 1. The average molecular weight is 414 g/mol. The van der Waals surface area contributed by atoms with Crippen LogP contribution in [0.5, 0.6) is 0 Å². The second-order valence-corrected chi connectivity index (χ2v) is 7.87. The largest absolute Gasteiger partial charge is 0.462 e. The predicted octanol–water partition coefficient (Wildman–Crippen LogP) is 2.95. The molecular weight excluding hydrogens is 382 g/mol. The van der Waals surface area contributed by atoms with E-state index in [-0.39, 0.29) is 24.7 Å². The van der Waals surface area contributed by atoms with Crippen molar-refractivity contribution in [1.82, 2.24) is 14.8 Å².